The van der Waals surface area contributed by atoms with Gasteiger partial charge in [0.15, 0.2) is 0 Å². The number of carbonyl (C=O) groups excluding carboxylic acids is 1. The van der Waals surface area contributed by atoms with Crippen LogP contribution in [0.15, 0.2) is 53.1 Å². The van der Waals surface area contributed by atoms with Crippen LogP contribution in [0.25, 0.3) is 11.4 Å². The zero-order chi connectivity index (χ0) is 23.8. The summed E-state index contributed by atoms with van der Waals surface area (Å²) in [6, 6.07) is 16.8. The van der Waals surface area contributed by atoms with Crippen LogP contribution in [0.3, 0.4) is 0 Å². The van der Waals surface area contributed by atoms with Crippen molar-refractivity contribution in [3.63, 3.8) is 0 Å². The van der Waals surface area contributed by atoms with Crippen LogP contribution >= 0.6 is 11.8 Å². The molecule has 7 heteroatoms. The summed E-state index contributed by atoms with van der Waals surface area (Å²) in [5.74, 6) is 3.63. The number of aryl methyl sites for hydroxylation is 2. The Labute approximate surface area is 206 Å². The van der Waals surface area contributed by atoms with E-state index in [0.29, 0.717) is 18.3 Å². The Hall–Kier alpha value is -2.64. The molecule has 180 valence electrons. The van der Waals surface area contributed by atoms with Crippen molar-refractivity contribution in [2.75, 3.05) is 25.4 Å². The van der Waals surface area contributed by atoms with Gasteiger partial charge in [0.25, 0.3) is 0 Å². The first-order valence-electron chi connectivity index (χ1n) is 12.1. The molecular formula is C27H34N4O2S. The van der Waals surface area contributed by atoms with Gasteiger partial charge in [-0.2, -0.15) is 16.7 Å². The van der Waals surface area contributed by atoms with Gasteiger partial charge in [-0.3, -0.25) is 9.69 Å². The number of nitrogens with one attached hydrogen (secondary N) is 1. The van der Waals surface area contributed by atoms with Gasteiger partial charge in [-0.25, -0.2) is 0 Å². The quantitative estimate of drug-likeness (QED) is 0.413. The molecule has 1 aliphatic rings. The van der Waals surface area contributed by atoms with E-state index >= 15 is 0 Å². The van der Waals surface area contributed by atoms with Crippen molar-refractivity contribution in [3.8, 4) is 11.4 Å². The maximum atomic E-state index is 12.6. The van der Waals surface area contributed by atoms with Crippen molar-refractivity contribution >= 4 is 17.7 Å². The summed E-state index contributed by atoms with van der Waals surface area (Å²) in [5.41, 5.74) is 4.82. The molecule has 0 bridgehead atoms. The maximum absolute atomic E-state index is 12.6. The summed E-state index contributed by atoms with van der Waals surface area (Å²) in [4.78, 5) is 19.4. The molecule has 1 amide bonds. The van der Waals surface area contributed by atoms with Crippen LogP contribution in [0.4, 0.5) is 0 Å². The monoisotopic (exact) mass is 478 g/mol. The van der Waals surface area contributed by atoms with E-state index in [1.54, 1.807) is 0 Å². The Morgan fingerprint density at radius 3 is 2.44 bits per heavy atom. The highest BCUT2D eigenvalue weighted by atomic mass is 32.2. The predicted octanol–water partition coefficient (Wildman–Crippen LogP) is 5.01. The minimum atomic E-state index is 0.0993. The number of carbonyl (C=O) groups is 1. The lowest BCUT2D eigenvalue weighted by Crippen LogP contribution is -2.40. The topological polar surface area (TPSA) is 71.3 Å². The molecule has 0 radical (unpaired) electrons. The zero-order valence-electron chi connectivity index (χ0n) is 20.1. The first kappa shape index (κ1) is 24.5. The molecule has 6 nitrogen and oxygen atoms in total. The molecule has 1 N–H and O–H groups in total. The molecule has 0 spiro atoms. The van der Waals surface area contributed by atoms with E-state index in [1.165, 1.54) is 16.7 Å². The third-order valence-electron chi connectivity index (χ3n) is 6.25. The highest BCUT2D eigenvalue weighted by molar-refractivity contribution is 7.98. The lowest BCUT2D eigenvalue weighted by atomic mass is 9.96. The number of nitrogens with zero attached hydrogens (tertiary/aromatic N) is 3. The Morgan fingerprint density at radius 1 is 1.06 bits per heavy atom. The summed E-state index contributed by atoms with van der Waals surface area (Å²) in [6.07, 6.45) is 2.74. The van der Waals surface area contributed by atoms with Gasteiger partial charge in [0, 0.05) is 23.8 Å². The molecule has 34 heavy (non-hydrogen) atoms. The number of benzene rings is 2. The van der Waals surface area contributed by atoms with Crippen LogP contribution in [0.5, 0.6) is 0 Å². The largest absolute Gasteiger partial charge is 0.356 e. The molecule has 1 fully saturated rings. The number of likely N-dealkylation sites (tertiary alicyclic amines) is 1. The van der Waals surface area contributed by atoms with Gasteiger partial charge in [-0.05, 0) is 57.5 Å². The summed E-state index contributed by atoms with van der Waals surface area (Å²) < 4.78 is 5.46. The van der Waals surface area contributed by atoms with Crippen molar-refractivity contribution in [2.45, 2.75) is 45.4 Å². The van der Waals surface area contributed by atoms with E-state index in [1.807, 2.05) is 36.0 Å². The fourth-order valence-corrected chi connectivity index (χ4v) is 5.01. The van der Waals surface area contributed by atoms with Gasteiger partial charge in [0.2, 0.25) is 17.6 Å². The minimum Gasteiger partial charge on any atom is -0.356 e. The molecule has 0 saturated carbocycles. The first-order chi connectivity index (χ1) is 16.6. The maximum Gasteiger partial charge on any atom is 0.241 e. The van der Waals surface area contributed by atoms with Gasteiger partial charge in [0.1, 0.15) is 0 Å². The van der Waals surface area contributed by atoms with E-state index in [-0.39, 0.29) is 11.8 Å². The van der Waals surface area contributed by atoms with E-state index in [2.05, 4.69) is 58.5 Å². The number of hydrogen-bond donors (Lipinski definition) is 1. The molecule has 1 aliphatic heterocycles. The highest BCUT2D eigenvalue weighted by Gasteiger charge is 2.25. The third-order valence-corrected chi connectivity index (χ3v) is 7.36. The second-order valence-corrected chi connectivity index (χ2v) is 10.2. The lowest BCUT2D eigenvalue weighted by molar-refractivity contribution is -0.126. The molecule has 0 atom stereocenters. The first-order valence-corrected chi connectivity index (χ1v) is 13.3. The summed E-state index contributed by atoms with van der Waals surface area (Å²) in [6.45, 7) is 7.29. The number of aromatic nitrogens is 2. The zero-order valence-corrected chi connectivity index (χ0v) is 20.9. The molecule has 1 saturated heterocycles. The number of rotatable bonds is 10. The van der Waals surface area contributed by atoms with Crippen LogP contribution in [-0.2, 0) is 17.1 Å². The smallest absolute Gasteiger partial charge is 0.241 e. The normalized spacial score (nSPS) is 14.9. The van der Waals surface area contributed by atoms with Crippen LogP contribution in [0.1, 0.15) is 41.8 Å². The van der Waals surface area contributed by atoms with Crippen molar-refractivity contribution < 1.29 is 9.32 Å². The van der Waals surface area contributed by atoms with Gasteiger partial charge in [-0.15, -0.1) is 0 Å². The van der Waals surface area contributed by atoms with Crippen LogP contribution < -0.4 is 5.32 Å². The summed E-state index contributed by atoms with van der Waals surface area (Å²) in [7, 11) is 0. The molecule has 4 rings (SSSR count). The molecule has 1 aromatic heterocycles. The lowest BCUT2D eigenvalue weighted by Gasteiger charge is -2.30. The van der Waals surface area contributed by atoms with E-state index in [0.717, 1.165) is 56.0 Å². The Bertz CT molecular complexity index is 1040. The number of piperidine rings is 1. The number of hydrogen-bond acceptors (Lipinski definition) is 6. The Morgan fingerprint density at radius 2 is 1.74 bits per heavy atom. The standard InChI is InChI=1S/C27H34N4O2S/c1-20-4-8-22(9-5-20)19-34-17-3-14-28-27(32)24-12-15-31(16-13-24)18-25-29-26(30-33-25)23-10-6-21(2)7-11-23/h4-11,24H,3,12-19H2,1-2H3,(H,28,32). The second kappa shape index (κ2) is 12.2. The van der Waals surface area contributed by atoms with Gasteiger partial charge < -0.3 is 9.84 Å². The number of thioether (sulfide) groups is 1. The number of amides is 1. The third kappa shape index (κ3) is 7.18. The van der Waals surface area contributed by atoms with Crippen molar-refractivity contribution in [2.24, 2.45) is 5.92 Å². The van der Waals surface area contributed by atoms with Gasteiger partial charge in [-0.1, -0.05) is 64.8 Å². The molecule has 2 aromatic carbocycles. The van der Waals surface area contributed by atoms with Crippen LogP contribution in [0, 0.1) is 19.8 Å². The fourth-order valence-electron chi connectivity index (χ4n) is 4.09. The van der Waals surface area contributed by atoms with Gasteiger partial charge >= 0.3 is 0 Å². The SMILES string of the molecule is Cc1ccc(CSCCCNC(=O)C2CCN(Cc3nc(-c4ccc(C)cc4)no3)CC2)cc1. The summed E-state index contributed by atoms with van der Waals surface area (Å²) in [5, 5.41) is 7.26. The average molecular weight is 479 g/mol. The Kier molecular flexibility index (Phi) is 8.77. The Balaban J connectivity index is 1.10. The van der Waals surface area contributed by atoms with Crippen molar-refractivity contribution in [1.29, 1.82) is 0 Å². The highest BCUT2D eigenvalue weighted by Crippen LogP contribution is 2.21. The van der Waals surface area contributed by atoms with Gasteiger partial charge in [0.05, 0.1) is 6.54 Å². The minimum absolute atomic E-state index is 0.0993. The van der Waals surface area contributed by atoms with Crippen LogP contribution in [0.2, 0.25) is 0 Å². The second-order valence-electron chi connectivity index (χ2n) is 9.11. The molecule has 0 aliphatic carbocycles. The molecular weight excluding hydrogens is 444 g/mol. The van der Waals surface area contributed by atoms with E-state index in [4.69, 9.17) is 4.52 Å². The van der Waals surface area contributed by atoms with E-state index < -0.39 is 0 Å². The van der Waals surface area contributed by atoms with Crippen LogP contribution in [-0.4, -0.2) is 46.3 Å². The fraction of sp³-hybridized carbons (Fsp3) is 0.444. The van der Waals surface area contributed by atoms with Crippen molar-refractivity contribution in [3.05, 3.63) is 71.1 Å². The molecule has 3 aromatic rings. The molecule has 0 unspecified atom stereocenters. The molecule has 2 heterocycles. The average Bonchev–Trinajstić information content (AvgIpc) is 3.31. The summed E-state index contributed by atoms with van der Waals surface area (Å²) >= 11 is 1.92. The van der Waals surface area contributed by atoms with E-state index in [9.17, 15) is 4.79 Å². The van der Waals surface area contributed by atoms with Crippen molar-refractivity contribution in [1.82, 2.24) is 20.4 Å². The predicted molar refractivity (Wildman–Crippen MR) is 137 cm³/mol.